The smallest absolute Gasteiger partial charge is 0.251 e. The highest BCUT2D eigenvalue weighted by Crippen LogP contribution is 2.24. The third-order valence-electron chi connectivity index (χ3n) is 4.94. The number of rotatable bonds is 6. The van der Waals surface area contributed by atoms with E-state index in [0.717, 1.165) is 44.6 Å². The van der Waals surface area contributed by atoms with E-state index in [1.807, 2.05) is 24.3 Å². The molecule has 1 aromatic carbocycles. The number of benzene rings is 1. The van der Waals surface area contributed by atoms with Gasteiger partial charge in [-0.3, -0.25) is 4.79 Å². The average molecular weight is 316 g/mol. The third-order valence-corrected chi connectivity index (χ3v) is 4.94. The normalized spacial score (nSPS) is 22.0. The van der Waals surface area contributed by atoms with Gasteiger partial charge in [-0.25, -0.2) is 0 Å². The number of carbonyl (C=O) groups excluding carboxylic acids is 1. The van der Waals surface area contributed by atoms with Gasteiger partial charge < -0.3 is 15.4 Å². The minimum Gasteiger partial charge on any atom is -0.490 e. The molecule has 0 radical (unpaired) electrons. The van der Waals surface area contributed by atoms with Crippen LogP contribution in [0.2, 0.25) is 0 Å². The van der Waals surface area contributed by atoms with Crippen LogP contribution in [0.3, 0.4) is 0 Å². The Morgan fingerprint density at radius 2 is 2.09 bits per heavy atom. The highest BCUT2D eigenvalue weighted by atomic mass is 16.5. The highest BCUT2D eigenvalue weighted by Gasteiger charge is 2.17. The van der Waals surface area contributed by atoms with Crippen LogP contribution in [-0.2, 0) is 0 Å². The maximum atomic E-state index is 12.3. The third kappa shape index (κ3) is 4.96. The van der Waals surface area contributed by atoms with E-state index >= 15 is 0 Å². The second-order valence-electron chi connectivity index (χ2n) is 6.81. The summed E-state index contributed by atoms with van der Waals surface area (Å²) >= 11 is 0. The molecule has 4 heteroatoms. The first-order chi connectivity index (χ1) is 11.3. The standard InChI is InChI=1S/C19H28N2O2/c22-19(21-12-10-15-5-4-11-20-14-15)16-6-3-9-18(13-16)23-17-7-1-2-8-17/h3,6,9,13,15,17,20H,1-2,4-5,7-8,10-12,14H2,(H,21,22). The van der Waals surface area contributed by atoms with Gasteiger partial charge in [-0.2, -0.15) is 0 Å². The summed E-state index contributed by atoms with van der Waals surface area (Å²) in [5.41, 5.74) is 0.697. The van der Waals surface area contributed by atoms with Crippen LogP contribution >= 0.6 is 0 Å². The maximum Gasteiger partial charge on any atom is 0.251 e. The first-order valence-electron chi connectivity index (χ1n) is 9.07. The van der Waals surface area contributed by atoms with Crippen LogP contribution in [0.25, 0.3) is 0 Å². The fourth-order valence-corrected chi connectivity index (χ4v) is 3.57. The molecular formula is C19H28N2O2. The van der Waals surface area contributed by atoms with Crippen LogP contribution in [0.5, 0.6) is 5.75 Å². The molecular weight excluding hydrogens is 288 g/mol. The van der Waals surface area contributed by atoms with Crippen molar-refractivity contribution in [2.24, 2.45) is 5.92 Å². The van der Waals surface area contributed by atoms with Crippen LogP contribution in [0.1, 0.15) is 55.3 Å². The van der Waals surface area contributed by atoms with Gasteiger partial charge >= 0.3 is 0 Å². The van der Waals surface area contributed by atoms with Crippen molar-refractivity contribution < 1.29 is 9.53 Å². The van der Waals surface area contributed by atoms with E-state index < -0.39 is 0 Å². The van der Waals surface area contributed by atoms with E-state index in [2.05, 4.69) is 10.6 Å². The van der Waals surface area contributed by atoms with Crippen molar-refractivity contribution in [3.8, 4) is 5.75 Å². The summed E-state index contributed by atoms with van der Waals surface area (Å²) in [6, 6.07) is 7.59. The number of piperidine rings is 1. The van der Waals surface area contributed by atoms with Crippen LogP contribution in [0.15, 0.2) is 24.3 Å². The Hall–Kier alpha value is -1.55. The van der Waals surface area contributed by atoms with Crippen molar-refractivity contribution in [2.75, 3.05) is 19.6 Å². The molecule has 1 aliphatic carbocycles. The largest absolute Gasteiger partial charge is 0.490 e. The second-order valence-corrected chi connectivity index (χ2v) is 6.81. The zero-order chi connectivity index (χ0) is 15.9. The Morgan fingerprint density at radius 1 is 1.22 bits per heavy atom. The maximum absolute atomic E-state index is 12.3. The quantitative estimate of drug-likeness (QED) is 0.848. The molecule has 1 unspecified atom stereocenters. The fourth-order valence-electron chi connectivity index (χ4n) is 3.57. The molecule has 2 fully saturated rings. The van der Waals surface area contributed by atoms with Crippen molar-refractivity contribution in [1.82, 2.24) is 10.6 Å². The number of carbonyl (C=O) groups is 1. The number of nitrogens with one attached hydrogen (secondary N) is 2. The Balaban J connectivity index is 1.46. The first kappa shape index (κ1) is 16.3. The number of hydrogen-bond acceptors (Lipinski definition) is 3. The van der Waals surface area contributed by atoms with Gasteiger partial charge in [0.1, 0.15) is 5.75 Å². The van der Waals surface area contributed by atoms with E-state index in [0.29, 0.717) is 17.6 Å². The lowest BCUT2D eigenvalue weighted by Crippen LogP contribution is -2.33. The Kier molecular flexibility index (Phi) is 5.92. The topological polar surface area (TPSA) is 50.4 Å². The van der Waals surface area contributed by atoms with Gasteiger partial charge in [-0.05, 0) is 82.2 Å². The number of hydrogen-bond donors (Lipinski definition) is 2. The second kappa shape index (κ2) is 8.34. The molecule has 1 aliphatic heterocycles. The number of amides is 1. The molecule has 2 N–H and O–H groups in total. The fraction of sp³-hybridized carbons (Fsp3) is 0.632. The summed E-state index contributed by atoms with van der Waals surface area (Å²) < 4.78 is 5.98. The summed E-state index contributed by atoms with van der Waals surface area (Å²) in [7, 11) is 0. The summed E-state index contributed by atoms with van der Waals surface area (Å²) in [6.45, 7) is 2.97. The summed E-state index contributed by atoms with van der Waals surface area (Å²) in [6.07, 6.45) is 8.66. The summed E-state index contributed by atoms with van der Waals surface area (Å²) in [5, 5.41) is 6.46. The molecule has 1 aromatic rings. The highest BCUT2D eigenvalue weighted by molar-refractivity contribution is 5.94. The minimum atomic E-state index is 0.00522. The molecule has 0 spiro atoms. The summed E-state index contributed by atoms with van der Waals surface area (Å²) in [4.78, 5) is 12.3. The SMILES string of the molecule is O=C(NCCC1CCCNC1)c1cccc(OC2CCCC2)c1. The van der Waals surface area contributed by atoms with E-state index in [1.54, 1.807) is 0 Å². The van der Waals surface area contributed by atoms with E-state index in [1.165, 1.54) is 25.7 Å². The monoisotopic (exact) mass is 316 g/mol. The van der Waals surface area contributed by atoms with Crippen LogP contribution in [-0.4, -0.2) is 31.6 Å². The molecule has 23 heavy (non-hydrogen) atoms. The van der Waals surface area contributed by atoms with Crippen molar-refractivity contribution in [3.05, 3.63) is 29.8 Å². The van der Waals surface area contributed by atoms with Gasteiger partial charge in [-0.15, -0.1) is 0 Å². The minimum absolute atomic E-state index is 0.00522. The van der Waals surface area contributed by atoms with E-state index in [4.69, 9.17) is 4.74 Å². The van der Waals surface area contributed by atoms with Crippen molar-refractivity contribution in [1.29, 1.82) is 0 Å². The van der Waals surface area contributed by atoms with E-state index in [-0.39, 0.29) is 5.91 Å². The van der Waals surface area contributed by atoms with Gasteiger partial charge in [-0.1, -0.05) is 6.07 Å². The molecule has 3 rings (SSSR count). The molecule has 1 heterocycles. The van der Waals surface area contributed by atoms with Crippen molar-refractivity contribution >= 4 is 5.91 Å². The van der Waals surface area contributed by atoms with Gasteiger partial charge in [0.05, 0.1) is 6.10 Å². The average Bonchev–Trinajstić information content (AvgIpc) is 3.09. The summed E-state index contributed by atoms with van der Waals surface area (Å²) in [5.74, 6) is 1.52. The van der Waals surface area contributed by atoms with Gasteiger partial charge in [0.25, 0.3) is 5.91 Å². The molecule has 2 aliphatic rings. The Labute approximate surface area is 139 Å². The molecule has 0 bridgehead atoms. The lowest BCUT2D eigenvalue weighted by atomic mass is 9.96. The molecule has 4 nitrogen and oxygen atoms in total. The zero-order valence-corrected chi connectivity index (χ0v) is 13.9. The first-order valence-corrected chi connectivity index (χ1v) is 9.07. The number of ether oxygens (including phenoxy) is 1. The molecule has 1 saturated carbocycles. The van der Waals surface area contributed by atoms with Crippen molar-refractivity contribution in [3.63, 3.8) is 0 Å². The van der Waals surface area contributed by atoms with E-state index in [9.17, 15) is 4.79 Å². The molecule has 0 aromatic heterocycles. The lowest BCUT2D eigenvalue weighted by Gasteiger charge is -2.22. The van der Waals surface area contributed by atoms with Crippen LogP contribution in [0.4, 0.5) is 0 Å². The van der Waals surface area contributed by atoms with Crippen LogP contribution in [0, 0.1) is 5.92 Å². The lowest BCUT2D eigenvalue weighted by molar-refractivity contribution is 0.0949. The van der Waals surface area contributed by atoms with Gasteiger partial charge in [0, 0.05) is 12.1 Å². The molecule has 126 valence electrons. The predicted octanol–water partition coefficient (Wildman–Crippen LogP) is 3.13. The van der Waals surface area contributed by atoms with Crippen molar-refractivity contribution in [2.45, 2.75) is 51.0 Å². The Morgan fingerprint density at radius 3 is 2.87 bits per heavy atom. The molecule has 1 saturated heterocycles. The Bertz CT molecular complexity index is 506. The zero-order valence-electron chi connectivity index (χ0n) is 13.9. The molecule has 1 atom stereocenters. The van der Waals surface area contributed by atoms with Crippen LogP contribution < -0.4 is 15.4 Å². The van der Waals surface area contributed by atoms with Gasteiger partial charge in [0.2, 0.25) is 0 Å². The molecule has 1 amide bonds. The predicted molar refractivity (Wildman–Crippen MR) is 91.9 cm³/mol. The van der Waals surface area contributed by atoms with Gasteiger partial charge in [0.15, 0.2) is 0 Å².